The van der Waals surface area contributed by atoms with Crippen LogP contribution in [0.5, 0.6) is 0 Å². The fraction of sp³-hybridized carbons (Fsp3) is 0.286. The van der Waals surface area contributed by atoms with Crippen LogP contribution in [0.2, 0.25) is 0 Å². The van der Waals surface area contributed by atoms with Gasteiger partial charge in [0, 0.05) is 12.4 Å². The quantitative estimate of drug-likeness (QED) is 0.763. The van der Waals surface area contributed by atoms with E-state index in [0.29, 0.717) is 0 Å². The number of H-pyrrole nitrogens is 1. The fourth-order valence-electron chi connectivity index (χ4n) is 1.91. The van der Waals surface area contributed by atoms with Crippen molar-refractivity contribution in [2.75, 3.05) is 0 Å². The highest BCUT2D eigenvalue weighted by molar-refractivity contribution is 5.83. The largest absolute Gasteiger partial charge is 0.347 e. The third kappa shape index (κ3) is 3.20. The van der Waals surface area contributed by atoms with Gasteiger partial charge in [0.25, 0.3) is 0 Å². The van der Waals surface area contributed by atoms with Crippen molar-refractivity contribution >= 4 is 5.91 Å². The molecule has 0 fully saturated rings. The van der Waals surface area contributed by atoms with Crippen LogP contribution >= 0.6 is 0 Å². The summed E-state index contributed by atoms with van der Waals surface area (Å²) in [6.45, 7) is 1.99. The number of hydrogen-bond acceptors (Lipinski definition) is 3. The molecule has 0 aliphatic heterocycles. The Morgan fingerprint density at radius 1 is 1.42 bits per heavy atom. The molecule has 2 aromatic rings. The smallest absolute Gasteiger partial charge is 0.242 e. The fourth-order valence-corrected chi connectivity index (χ4v) is 1.91. The van der Waals surface area contributed by atoms with Crippen molar-refractivity contribution in [1.29, 1.82) is 0 Å². The monoisotopic (exact) mass is 258 g/mol. The number of hydrogen-bond donors (Lipinski definition) is 3. The van der Waals surface area contributed by atoms with Gasteiger partial charge in [0.05, 0.1) is 6.04 Å². The molecule has 100 valence electrons. The number of nitrogens with two attached hydrogens (primary N) is 1. The van der Waals surface area contributed by atoms with Crippen molar-refractivity contribution in [1.82, 2.24) is 15.3 Å². The first-order valence-corrected chi connectivity index (χ1v) is 6.32. The summed E-state index contributed by atoms with van der Waals surface area (Å²) in [5, 5.41) is 2.91. The highest BCUT2D eigenvalue weighted by Crippen LogP contribution is 2.15. The molecule has 0 spiro atoms. The van der Waals surface area contributed by atoms with E-state index in [0.717, 1.165) is 17.8 Å². The Bertz CT molecular complexity index is 510. The van der Waals surface area contributed by atoms with E-state index >= 15 is 0 Å². The lowest BCUT2D eigenvalue weighted by atomic mass is 10.1. The number of benzene rings is 1. The molecular formula is C14H18N4O. The Kier molecular flexibility index (Phi) is 4.30. The molecule has 5 heteroatoms. The standard InChI is InChI=1S/C14H18N4O/c1-2-11(13-16-8-9-17-13)18-14(19)12(15)10-6-4-3-5-7-10/h3-9,11-12H,2,15H2,1H3,(H,16,17)(H,18,19)/t11?,12-/m1/s1. The average Bonchev–Trinajstić information content (AvgIpc) is 2.98. The molecule has 0 aliphatic rings. The summed E-state index contributed by atoms with van der Waals surface area (Å²) < 4.78 is 0. The molecule has 0 saturated carbocycles. The van der Waals surface area contributed by atoms with E-state index in [1.165, 1.54) is 0 Å². The normalized spacial score (nSPS) is 13.8. The zero-order chi connectivity index (χ0) is 13.7. The number of nitrogens with zero attached hydrogens (tertiary/aromatic N) is 1. The van der Waals surface area contributed by atoms with Gasteiger partial charge in [0.15, 0.2) is 0 Å². The van der Waals surface area contributed by atoms with Crippen LogP contribution in [0.15, 0.2) is 42.7 Å². The van der Waals surface area contributed by atoms with Gasteiger partial charge in [0.1, 0.15) is 11.9 Å². The third-order valence-electron chi connectivity index (χ3n) is 3.02. The predicted molar refractivity (Wildman–Crippen MR) is 73.1 cm³/mol. The van der Waals surface area contributed by atoms with Crippen LogP contribution in [-0.4, -0.2) is 15.9 Å². The van der Waals surface area contributed by atoms with Gasteiger partial charge in [-0.3, -0.25) is 4.79 Å². The van der Waals surface area contributed by atoms with E-state index in [1.807, 2.05) is 37.3 Å². The Balaban J connectivity index is 2.04. The number of rotatable bonds is 5. The topological polar surface area (TPSA) is 83.8 Å². The maximum Gasteiger partial charge on any atom is 0.242 e. The molecule has 5 nitrogen and oxygen atoms in total. The Hall–Kier alpha value is -2.14. The Morgan fingerprint density at radius 2 is 2.16 bits per heavy atom. The number of carbonyl (C=O) groups is 1. The van der Waals surface area contributed by atoms with Gasteiger partial charge in [-0.25, -0.2) is 4.98 Å². The number of aromatic nitrogens is 2. The highest BCUT2D eigenvalue weighted by Gasteiger charge is 2.20. The van der Waals surface area contributed by atoms with Crippen LogP contribution < -0.4 is 11.1 Å². The minimum atomic E-state index is -0.662. The first-order valence-electron chi connectivity index (χ1n) is 6.32. The summed E-state index contributed by atoms with van der Waals surface area (Å²) in [4.78, 5) is 19.3. The van der Waals surface area contributed by atoms with Crippen molar-refractivity contribution in [2.24, 2.45) is 5.73 Å². The molecular weight excluding hydrogens is 240 g/mol. The lowest BCUT2D eigenvalue weighted by Gasteiger charge is -2.18. The van der Waals surface area contributed by atoms with Crippen molar-refractivity contribution in [3.63, 3.8) is 0 Å². The first kappa shape index (κ1) is 13.3. The maximum absolute atomic E-state index is 12.1. The molecule has 2 atom stereocenters. The van der Waals surface area contributed by atoms with Gasteiger partial charge in [0.2, 0.25) is 5.91 Å². The van der Waals surface area contributed by atoms with Crippen LogP contribution in [0.1, 0.15) is 36.8 Å². The molecule has 1 aromatic heterocycles. The van der Waals surface area contributed by atoms with Crippen LogP contribution in [0.25, 0.3) is 0 Å². The van der Waals surface area contributed by atoms with Gasteiger partial charge < -0.3 is 16.0 Å². The van der Waals surface area contributed by atoms with E-state index in [-0.39, 0.29) is 11.9 Å². The molecule has 0 radical (unpaired) electrons. The second-order valence-corrected chi connectivity index (χ2v) is 4.33. The SMILES string of the molecule is CCC(NC(=O)[C@H](N)c1ccccc1)c1ncc[nH]1. The predicted octanol–water partition coefficient (Wildman–Crippen LogP) is 1.68. The van der Waals surface area contributed by atoms with Gasteiger partial charge in [-0.2, -0.15) is 0 Å². The third-order valence-corrected chi connectivity index (χ3v) is 3.02. The van der Waals surface area contributed by atoms with E-state index < -0.39 is 6.04 Å². The van der Waals surface area contributed by atoms with Gasteiger partial charge in [-0.1, -0.05) is 37.3 Å². The molecule has 0 aliphatic carbocycles. The molecule has 1 unspecified atom stereocenters. The minimum Gasteiger partial charge on any atom is -0.347 e. The van der Waals surface area contributed by atoms with E-state index in [1.54, 1.807) is 12.4 Å². The molecule has 0 bridgehead atoms. The van der Waals surface area contributed by atoms with Crippen LogP contribution in [0, 0.1) is 0 Å². The van der Waals surface area contributed by atoms with Crippen LogP contribution in [0.3, 0.4) is 0 Å². The van der Waals surface area contributed by atoms with Crippen molar-refractivity contribution < 1.29 is 4.79 Å². The summed E-state index contributed by atoms with van der Waals surface area (Å²) in [6.07, 6.45) is 4.16. The summed E-state index contributed by atoms with van der Waals surface area (Å²) >= 11 is 0. The lowest BCUT2D eigenvalue weighted by Crippen LogP contribution is -2.36. The van der Waals surface area contributed by atoms with Crippen molar-refractivity contribution in [2.45, 2.75) is 25.4 Å². The average molecular weight is 258 g/mol. The molecule has 1 heterocycles. The molecule has 0 saturated heterocycles. The Labute approximate surface area is 112 Å². The molecule has 4 N–H and O–H groups in total. The zero-order valence-electron chi connectivity index (χ0n) is 10.8. The van der Waals surface area contributed by atoms with Crippen LogP contribution in [0.4, 0.5) is 0 Å². The summed E-state index contributed by atoms with van der Waals surface area (Å²) in [5.41, 5.74) is 6.75. The highest BCUT2D eigenvalue weighted by atomic mass is 16.2. The second-order valence-electron chi connectivity index (χ2n) is 4.33. The van der Waals surface area contributed by atoms with Gasteiger partial charge in [-0.15, -0.1) is 0 Å². The lowest BCUT2D eigenvalue weighted by molar-refractivity contribution is -0.123. The number of aromatic amines is 1. The molecule has 19 heavy (non-hydrogen) atoms. The molecule has 1 aromatic carbocycles. The van der Waals surface area contributed by atoms with Crippen molar-refractivity contribution in [3.05, 3.63) is 54.1 Å². The second kappa shape index (κ2) is 6.15. The molecule has 2 rings (SSSR count). The Morgan fingerprint density at radius 3 is 2.74 bits per heavy atom. The molecule has 1 amide bonds. The van der Waals surface area contributed by atoms with E-state index in [2.05, 4.69) is 15.3 Å². The number of carbonyl (C=O) groups excluding carboxylic acids is 1. The van der Waals surface area contributed by atoms with E-state index in [4.69, 9.17) is 5.73 Å². The van der Waals surface area contributed by atoms with Gasteiger partial charge >= 0.3 is 0 Å². The first-order chi connectivity index (χ1) is 9.22. The summed E-state index contributed by atoms with van der Waals surface area (Å²) in [7, 11) is 0. The van der Waals surface area contributed by atoms with Crippen LogP contribution in [-0.2, 0) is 4.79 Å². The summed E-state index contributed by atoms with van der Waals surface area (Å²) in [6, 6.07) is 8.52. The minimum absolute atomic E-state index is 0.141. The summed E-state index contributed by atoms with van der Waals surface area (Å²) in [5.74, 6) is 0.547. The van der Waals surface area contributed by atoms with Crippen molar-refractivity contribution in [3.8, 4) is 0 Å². The zero-order valence-corrected chi connectivity index (χ0v) is 10.8. The maximum atomic E-state index is 12.1. The number of imidazole rings is 1. The van der Waals surface area contributed by atoms with Gasteiger partial charge in [-0.05, 0) is 12.0 Å². The number of amides is 1. The number of nitrogens with one attached hydrogen (secondary N) is 2. The van der Waals surface area contributed by atoms with E-state index in [9.17, 15) is 4.79 Å².